The summed E-state index contributed by atoms with van der Waals surface area (Å²) in [6.07, 6.45) is 4.24. The van der Waals surface area contributed by atoms with Crippen molar-refractivity contribution >= 4 is 0 Å². The van der Waals surface area contributed by atoms with Gasteiger partial charge in [0.1, 0.15) is 0 Å². The van der Waals surface area contributed by atoms with Crippen molar-refractivity contribution in [3.8, 4) is 0 Å². The van der Waals surface area contributed by atoms with Crippen LogP contribution in [0.1, 0.15) is 53.9 Å². The van der Waals surface area contributed by atoms with E-state index in [9.17, 15) is 0 Å². The maximum Gasteiger partial charge on any atom is -0.0145 e. The summed E-state index contributed by atoms with van der Waals surface area (Å²) in [5.41, 5.74) is 2.20. The lowest BCUT2D eigenvalue weighted by Gasteiger charge is -2.25. The molecule has 0 spiro atoms. The van der Waals surface area contributed by atoms with E-state index in [4.69, 9.17) is 0 Å². The summed E-state index contributed by atoms with van der Waals surface area (Å²) in [6.45, 7) is 12.1. The molecule has 0 radical (unpaired) electrons. The van der Waals surface area contributed by atoms with Gasteiger partial charge in [-0.1, -0.05) is 41.0 Å². The van der Waals surface area contributed by atoms with Crippen LogP contribution >= 0.6 is 0 Å². The zero-order chi connectivity index (χ0) is 9.20. The Labute approximate surface area is 76.7 Å². The second-order valence-electron chi connectivity index (χ2n) is 5.39. The van der Waals surface area contributed by atoms with E-state index in [1.807, 2.05) is 0 Å². The fraction of sp³-hybridized carbons (Fsp3) is 1.00. The van der Waals surface area contributed by atoms with Crippen LogP contribution in [0.5, 0.6) is 0 Å². The van der Waals surface area contributed by atoms with E-state index < -0.39 is 0 Å². The van der Waals surface area contributed by atoms with Gasteiger partial charge in [0, 0.05) is 0 Å². The Bertz CT molecular complexity index is 216. The lowest BCUT2D eigenvalue weighted by molar-refractivity contribution is 0.230. The van der Waals surface area contributed by atoms with Gasteiger partial charge >= 0.3 is 0 Å². The first-order valence-corrected chi connectivity index (χ1v) is 5.53. The molecule has 2 aliphatic rings. The lowest BCUT2D eigenvalue weighted by atomic mass is 9.79. The van der Waals surface area contributed by atoms with Gasteiger partial charge < -0.3 is 0 Å². The standard InChI is InChI=1S/C12H22/c1-6-8-12-9(3)11(12,7-2)10(12,4)5/h9H,6-8H2,1-5H3. The van der Waals surface area contributed by atoms with Crippen molar-refractivity contribution < 1.29 is 0 Å². The third-order valence-corrected chi connectivity index (χ3v) is 5.56. The van der Waals surface area contributed by atoms with E-state index in [1.54, 1.807) is 0 Å². The molecule has 0 heteroatoms. The van der Waals surface area contributed by atoms with Crippen molar-refractivity contribution in [3.63, 3.8) is 0 Å². The predicted molar refractivity (Wildman–Crippen MR) is 53.0 cm³/mol. The smallest absolute Gasteiger partial charge is 0.0145 e. The monoisotopic (exact) mass is 166 g/mol. The highest BCUT2D eigenvalue weighted by Crippen LogP contribution is 3.02. The average Bonchev–Trinajstić information content (AvgIpc) is 2.71. The molecule has 0 aliphatic heterocycles. The molecule has 12 heavy (non-hydrogen) atoms. The van der Waals surface area contributed by atoms with Gasteiger partial charge in [-0.15, -0.1) is 0 Å². The Morgan fingerprint density at radius 2 is 1.67 bits per heavy atom. The molecule has 0 heterocycles. The highest BCUT2D eigenvalue weighted by atomic mass is 15.0. The van der Waals surface area contributed by atoms with Crippen molar-refractivity contribution in [3.05, 3.63) is 0 Å². The van der Waals surface area contributed by atoms with E-state index in [1.165, 1.54) is 19.3 Å². The van der Waals surface area contributed by atoms with Gasteiger partial charge in [-0.05, 0) is 35.0 Å². The first kappa shape index (κ1) is 8.59. The fourth-order valence-corrected chi connectivity index (χ4v) is 5.17. The molecule has 0 nitrogen and oxygen atoms in total. The molecule has 0 aromatic rings. The number of hydrogen-bond acceptors (Lipinski definition) is 0. The second kappa shape index (κ2) is 1.91. The molecular weight excluding hydrogens is 144 g/mol. The molecule has 3 atom stereocenters. The van der Waals surface area contributed by atoms with Crippen LogP contribution < -0.4 is 0 Å². The molecule has 3 unspecified atom stereocenters. The van der Waals surface area contributed by atoms with Crippen LogP contribution in [0.4, 0.5) is 0 Å². The van der Waals surface area contributed by atoms with Crippen LogP contribution in [0.2, 0.25) is 0 Å². The van der Waals surface area contributed by atoms with Gasteiger partial charge in [0.15, 0.2) is 0 Å². The van der Waals surface area contributed by atoms with E-state index in [-0.39, 0.29) is 0 Å². The minimum atomic E-state index is 0.671. The molecule has 0 saturated heterocycles. The predicted octanol–water partition coefficient (Wildman–Crippen LogP) is 3.86. The van der Waals surface area contributed by atoms with Gasteiger partial charge in [0.2, 0.25) is 0 Å². The largest absolute Gasteiger partial charge is 0.0654 e. The molecule has 2 fully saturated rings. The van der Waals surface area contributed by atoms with Gasteiger partial charge in [0.05, 0.1) is 0 Å². The molecule has 0 amide bonds. The molecule has 0 N–H and O–H groups in total. The zero-order valence-electron chi connectivity index (χ0n) is 9.20. The van der Waals surface area contributed by atoms with Crippen LogP contribution in [0.3, 0.4) is 0 Å². The number of hydrogen-bond donors (Lipinski definition) is 0. The Kier molecular flexibility index (Phi) is 1.37. The molecule has 0 aromatic carbocycles. The third-order valence-electron chi connectivity index (χ3n) is 5.56. The van der Waals surface area contributed by atoms with Gasteiger partial charge in [-0.2, -0.15) is 0 Å². The first-order chi connectivity index (χ1) is 5.53. The van der Waals surface area contributed by atoms with Crippen LogP contribution in [-0.4, -0.2) is 0 Å². The molecule has 2 saturated carbocycles. The van der Waals surface area contributed by atoms with Gasteiger partial charge in [-0.3, -0.25) is 0 Å². The molecular formula is C12H22. The normalized spacial score (nSPS) is 53.2. The van der Waals surface area contributed by atoms with Crippen molar-refractivity contribution in [1.29, 1.82) is 0 Å². The van der Waals surface area contributed by atoms with Crippen LogP contribution in [0, 0.1) is 22.2 Å². The Morgan fingerprint density at radius 1 is 1.08 bits per heavy atom. The van der Waals surface area contributed by atoms with E-state index in [0.29, 0.717) is 5.41 Å². The summed E-state index contributed by atoms with van der Waals surface area (Å²) in [6, 6.07) is 0. The molecule has 2 aliphatic carbocycles. The van der Waals surface area contributed by atoms with Crippen LogP contribution in [0.15, 0.2) is 0 Å². The van der Waals surface area contributed by atoms with Crippen molar-refractivity contribution in [2.45, 2.75) is 53.9 Å². The maximum absolute atomic E-state index is 2.48. The van der Waals surface area contributed by atoms with Gasteiger partial charge in [0.25, 0.3) is 0 Å². The molecule has 70 valence electrons. The SMILES string of the molecule is CCCC12C(C)C1(CC)C2(C)C. The Hall–Kier alpha value is 0. The number of rotatable bonds is 3. The third kappa shape index (κ3) is 0.459. The lowest BCUT2D eigenvalue weighted by Crippen LogP contribution is -2.18. The summed E-state index contributed by atoms with van der Waals surface area (Å²) >= 11 is 0. The van der Waals surface area contributed by atoms with E-state index in [0.717, 1.165) is 16.7 Å². The summed E-state index contributed by atoms with van der Waals surface area (Å²) < 4.78 is 0. The van der Waals surface area contributed by atoms with Crippen LogP contribution in [0.25, 0.3) is 0 Å². The zero-order valence-corrected chi connectivity index (χ0v) is 9.20. The minimum Gasteiger partial charge on any atom is -0.0654 e. The minimum absolute atomic E-state index is 0.671. The topological polar surface area (TPSA) is 0 Å². The average molecular weight is 166 g/mol. The van der Waals surface area contributed by atoms with Crippen molar-refractivity contribution in [2.75, 3.05) is 0 Å². The summed E-state index contributed by atoms with van der Waals surface area (Å²) in [5.74, 6) is 1.02. The quantitative estimate of drug-likeness (QED) is 0.597. The van der Waals surface area contributed by atoms with Crippen LogP contribution in [-0.2, 0) is 0 Å². The van der Waals surface area contributed by atoms with Gasteiger partial charge in [-0.25, -0.2) is 0 Å². The number of fused-ring (bicyclic) bond motifs is 1. The molecule has 0 aromatic heterocycles. The second-order valence-corrected chi connectivity index (χ2v) is 5.39. The highest BCUT2D eigenvalue weighted by molar-refractivity contribution is 5.44. The first-order valence-electron chi connectivity index (χ1n) is 5.53. The summed E-state index contributed by atoms with van der Waals surface area (Å²) in [7, 11) is 0. The van der Waals surface area contributed by atoms with Crippen molar-refractivity contribution in [1.82, 2.24) is 0 Å². The fourth-order valence-electron chi connectivity index (χ4n) is 5.17. The molecule has 0 bridgehead atoms. The van der Waals surface area contributed by atoms with E-state index >= 15 is 0 Å². The summed E-state index contributed by atoms with van der Waals surface area (Å²) in [4.78, 5) is 0. The van der Waals surface area contributed by atoms with Crippen molar-refractivity contribution in [2.24, 2.45) is 22.2 Å². The maximum atomic E-state index is 2.48. The summed E-state index contributed by atoms with van der Waals surface area (Å²) in [5, 5.41) is 0. The molecule has 2 rings (SSSR count). The van der Waals surface area contributed by atoms with E-state index in [2.05, 4.69) is 34.6 Å². The Morgan fingerprint density at radius 3 is 1.92 bits per heavy atom. The highest BCUT2D eigenvalue weighted by Gasteiger charge is 2.97. The Balaban J connectivity index is 2.21.